The lowest BCUT2D eigenvalue weighted by atomic mass is 10.1. The average molecular weight is 528 g/mol. The highest BCUT2D eigenvalue weighted by Gasteiger charge is 2.61. The van der Waals surface area contributed by atoms with Crippen LogP contribution in [0.1, 0.15) is 61.6 Å². The van der Waals surface area contributed by atoms with Crippen molar-refractivity contribution in [3.05, 3.63) is 12.4 Å². The maximum atomic E-state index is 14.0. The molecule has 3 N–H and O–H groups in total. The predicted molar refractivity (Wildman–Crippen MR) is 133 cm³/mol. The Labute approximate surface area is 207 Å². The van der Waals surface area contributed by atoms with Gasteiger partial charge in [0.05, 0.1) is 12.9 Å². The number of nitrogen functional groups attached to an aromatic ring is 1. The Balaban J connectivity index is 1.78. The van der Waals surface area contributed by atoms with E-state index in [1.54, 1.807) is 0 Å². The van der Waals surface area contributed by atoms with Crippen molar-refractivity contribution in [2.75, 3.05) is 12.3 Å². The zero-order chi connectivity index (χ0) is 25.9. The first-order valence-electron chi connectivity index (χ1n) is 12.3. The monoisotopic (exact) mass is 527 g/mol. The van der Waals surface area contributed by atoms with Gasteiger partial charge in [0.1, 0.15) is 18.3 Å². The SMILES string of the molecule is CC(C)[Si]1(C(C)C)OC[C@H]2O[C@@H](n3cnc4c(N)nc(F)nc43)[C@H](O)[C@@H]2O[Si](C(C)C)(C(C)C)O1. The number of fused-ring (bicyclic) bond motifs is 2. The molecule has 4 rings (SSSR count). The molecule has 35 heavy (non-hydrogen) atoms. The first-order chi connectivity index (χ1) is 16.3. The average Bonchev–Trinajstić information content (AvgIpc) is 3.28. The summed E-state index contributed by atoms with van der Waals surface area (Å²) in [5, 5.41) is 11.5. The van der Waals surface area contributed by atoms with Crippen molar-refractivity contribution in [1.29, 1.82) is 0 Å². The number of nitrogens with two attached hydrogens (primary N) is 1. The topological polar surface area (TPSA) is 127 Å². The Bertz CT molecular complexity index is 1050. The van der Waals surface area contributed by atoms with Crippen LogP contribution >= 0.6 is 0 Å². The number of anilines is 1. The van der Waals surface area contributed by atoms with Crippen LogP contribution in [0, 0.1) is 6.08 Å². The molecule has 2 aromatic heterocycles. The Morgan fingerprint density at radius 1 is 1.03 bits per heavy atom. The first kappa shape index (κ1) is 26.6. The van der Waals surface area contributed by atoms with Crippen LogP contribution in [0.25, 0.3) is 11.2 Å². The molecule has 0 saturated carbocycles. The van der Waals surface area contributed by atoms with Gasteiger partial charge in [-0.2, -0.15) is 14.4 Å². The van der Waals surface area contributed by atoms with E-state index in [0.717, 1.165) is 0 Å². The lowest BCUT2D eigenvalue weighted by Crippen LogP contribution is -2.65. The Morgan fingerprint density at radius 3 is 2.20 bits per heavy atom. The molecule has 196 valence electrons. The van der Waals surface area contributed by atoms with E-state index in [1.165, 1.54) is 10.9 Å². The highest BCUT2D eigenvalue weighted by Crippen LogP contribution is 2.48. The zero-order valence-corrected chi connectivity index (χ0v) is 23.7. The molecule has 0 spiro atoms. The van der Waals surface area contributed by atoms with Crippen molar-refractivity contribution < 1.29 is 27.2 Å². The number of hydrogen-bond acceptors (Lipinski definition) is 9. The third kappa shape index (κ3) is 4.24. The molecule has 0 radical (unpaired) electrons. The molecule has 2 aliphatic heterocycles. The summed E-state index contributed by atoms with van der Waals surface area (Å²) < 4.78 is 42.6. The molecule has 0 aliphatic carbocycles. The largest absolute Gasteiger partial charge is 0.414 e. The summed E-state index contributed by atoms with van der Waals surface area (Å²) in [4.78, 5) is 11.6. The van der Waals surface area contributed by atoms with Crippen molar-refractivity contribution in [2.45, 2.75) is 102 Å². The fraction of sp³-hybridized carbons (Fsp3) is 0.773. The number of rotatable bonds is 5. The third-order valence-electron chi connectivity index (χ3n) is 7.34. The van der Waals surface area contributed by atoms with Crippen molar-refractivity contribution >= 4 is 34.1 Å². The molecule has 2 fully saturated rings. The second-order valence-electron chi connectivity index (χ2n) is 10.8. The quantitative estimate of drug-likeness (QED) is 0.441. The van der Waals surface area contributed by atoms with E-state index in [2.05, 4.69) is 70.3 Å². The third-order valence-corrected chi connectivity index (χ3v) is 17.6. The fourth-order valence-corrected chi connectivity index (χ4v) is 16.7. The molecule has 0 amide bonds. The van der Waals surface area contributed by atoms with Gasteiger partial charge >= 0.3 is 23.2 Å². The van der Waals surface area contributed by atoms with Gasteiger partial charge in [-0.25, -0.2) is 4.98 Å². The van der Waals surface area contributed by atoms with Gasteiger partial charge in [0.15, 0.2) is 23.2 Å². The minimum atomic E-state index is -2.93. The van der Waals surface area contributed by atoms with Gasteiger partial charge in [-0.05, 0) is 22.2 Å². The van der Waals surface area contributed by atoms with Crippen LogP contribution in [0.3, 0.4) is 0 Å². The standard InChI is InChI=1S/C22H38FN5O5Si2/c1-11(2)34(12(3)4)30-9-15-18(32-35(33-34,13(5)6)14(7)8)17(29)21(31-15)28-10-25-16-19(24)26-22(23)27-20(16)28/h10-15,17-18,21,29H,9H2,1-8H3,(H2,24,26,27)/t15-,17-,18-,21-/m1/s1. The number of imidazole rings is 1. The fourth-order valence-electron chi connectivity index (χ4n) is 5.46. The molecule has 0 bridgehead atoms. The van der Waals surface area contributed by atoms with Crippen LogP contribution in [0.2, 0.25) is 22.2 Å². The molecule has 4 heterocycles. The molecule has 10 nitrogen and oxygen atoms in total. The van der Waals surface area contributed by atoms with E-state index >= 15 is 0 Å². The van der Waals surface area contributed by atoms with Crippen LogP contribution in [0.15, 0.2) is 6.33 Å². The van der Waals surface area contributed by atoms with Gasteiger partial charge < -0.3 is 28.5 Å². The minimum absolute atomic E-state index is 0.0755. The second kappa shape index (κ2) is 9.43. The number of aliphatic hydroxyl groups excluding tert-OH is 1. The van der Waals surface area contributed by atoms with Crippen LogP contribution in [-0.4, -0.2) is 66.7 Å². The lowest BCUT2D eigenvalue weighted by Gasteiger charge is -2.51. The molecule has 13 heteroatoms. The number of aromatic nitrogens is 4. The second-order valence-corrected chi connectivity index (χ2v) is 19.7. The van der Waals surface area contributed by atoms with E-state index in [9.17, 15) is 9.50 Å². The smallest absolute Gasteiger partial charge is 0.335 e. The predicted octanol–water partition coefficient (Wildman–Crippen LogP) is 3.76. The number of hydrogen-bond donors (Lipinski definition) is 2. The Morgan fingerprint density at radius 2 is 1.63 bits per heavy atom. The van der Waals surface area contributed by atoms with Crippen LogP contribution < -0.4 is 5.73 Å². The summed E-state index contributed by atoms with van der Waals surface area (Å²) in [5.41, 5.74) is 6.81. The van der Waals surface area contributed by atoms with Gasteiger partial charge in [-0.3, -0.25) is 4.57 Å². The zero-order valence-electron chi connectivity index (χ0n) is 21.7. The molecular weight excluding hydrogens is 489 g/mol. The number of nitrogens with zero attached hydrogens (tertiary/aromatic N) is 4. The van der Waals surface area contributed by atoms with Gasteiger partial charge in [0.25, 0.3) is 0 Å². The van der Waals surface area contributed by atoms with E-state index < -0.39 is 47.7 Å². The summed E-state index contributed by atoms with van der Waals surface area (Å²) in [6.07, 6.45) is -2.78. The summed E-state index contributed by atoms with van der Waals surface area (Å²) in [7, 11) is -5.67. The normalized spacial score (nSPS) is 28.7. The van der Waals surface area contributed by atoms with Crippen molar-refractivity contribution in [3.63, 3.8) is 0 Å². The van der Waals surface area contributed by atoms with E-state index in [0.29, 0.717) is 0 Å². The van der Waals surface area contributed by atoms with Gasteiger partial charge in [0, 0.05) is 0 Å². The van der Waals surface area contributed by atoms with Crippen molar-refractivity contribution in [2.24, 2.45) is 0 Å². The maximum Gasteiger partial charge on any atom is 0.335 e. The van der Waals surface area contributed by atoms with Crippen molar-refractivity contribution in [1.82, 2.24) is 19.5 Å². The van der Waals surface area contributed by atoms with Crippen LogP contribution in [0.4, 0.5) is 10.2 Å². The number of halogens is 1. The molecule has 2 aliphatic rings. The highest BCUT2D eigenvalue weighted by atomic mass is 28.5. The maximum absolute atomic E-state index is 14.0. The van der Waals surface area contributed by atoms with Crippen LogP contribution in [0.5, 0.6) is 0 Å². The number of aliphatic hydroxyl groups is 1. The first-order valence-corrected chi connectivity index (χ1v) is 16.3. The molecule has 0 aromatic carbocycles. The molecule has 0 unspecified atom stereocenters. The Kier molecular flexibility index (Phi) is 7.16. The number of ether oxygens (including phenoxy) is 1. The van der Waals surface area contributed by atoms with E-state index in [4.69, 9.17) is 23.4 Å². The van der Waals surface area contributed by atoms with Gasteiger partial charge in [-0.15, -0.1) is 0 Å². The molecule has 2 aromatic rings. The van der Waals surface area contributed by atoms with Gasteiger partial charge in [0.2, 0.25) is 0 Å². The summed E-state index contributed by atoms with van der Waals surface area (Å²) in [6, 6.07) is 0. The lowest BCUT2D eigenvalue weighted by molar-refractivity contribution is -0.0570. The summed E-state index contributed by atoms with van der Waals surface area (Å²) in [6.45, 7) is 17.3. The molecule has 2 saturated heterocycles. The highest BCUT2D eigenvalue weighted by molar-refractivity contribution is 6.84. The van der Waals surface area contributed by atoms with E-state index in [-0.39, 0.29) is 45.8 Å². The van der Waals surface area contributed by atoms with Crippen LogP contribution in [-0.2, 0) is 17.7 Å². The summed E-state index contributed by atoms with van der Waals surface area (Å²) in [5.74, 6) is -0.0755. The molecular formula is C22H38FN5O5Si2. The minimum Gasteiger partial charge on any atom is -0.414 e. The van der Waals surface area contributed by atoms with Crippen molar-refractivity contribution in [3.8, 4) is 0 Å². The Hall–Kier alpha value is -1.49. The van der Waals surface area contributed by atoms with Gasteiger partial charge in [-0.1, -0.05) is 55.4 Å². The van der Waals surface area contributed by atoms with E-state index in [1.807, 2.05) is 0 Å². The summed E-state index contributed by atoms with van der Waals surface area (Å²) >= 11 is 0. The molecule has 4 atom stereocenters.